The van der Waals surface area contributed by atoms with Gasteiger partial charge in [-0.15, -0.1) is 0 Å². The van der Waals surface area contributed by atoms with Crippen molar-refractivity contribution < 1.29 is 4.79 Å². The number of nitrogens with one attached hydrogen (secondary N) is 2. The maximum absolute atomic E-state index is 11.6. The minimum Gasteiger partial charge on any atom is -0.350 e. The van der Waals surface area contributed by atoms with Crippen molar-refractivity contribution in [3.8, 4) is 11.1 Å². The molecule has 1 fully saturated rings. The third kappa shape index (κ3) is 2.79. The summed E-state index contributed by atoms with van der Waals surface area (Å²) >= 11 is 0. The zero-order chi connectivity index (χ0) is 18.4. The number of aromatic nitrogens is 5. The van der Waals surface area contributed by atoms with Gasteiger partial charge in [0.25, 0.3) is 0 Å². The number of hydrogen-bond donors (Lipinski definition) is 2. The molecule has 0 aliphatic carbocycles. The molecule has 0 bridgehead atoms. The Morgan fingerprint density at radius 1 is 1.33 bits per heavy atom. The van der Waals surface area contributed by atoms with Gasteiger partial charge in [-0.2, -0.15) is 10.1 Å². The van der Waals surface area contributed by atoms with E-state index >= 15 is 0 Å². The molecule has 0 spiro atoms. The van der Waals surface area contributed by atoms with Crippen molar-refractivity contribution in [3.05, 3.63) is 43.0 Å². The van der Waals surface area contributed by atoms with Crippen LogP contribution in [0.1, 0.15) is 12.8 Å². The van der Waals surface area contributed by atoms with Crippen LogP contribution in [0.5, 0.6) is 0 Å². The fourth-order valence-corrected chi connectivity index (χ4v) is 3.62. The van der Waals surface area contributed by atoms with Crippen LogP contribution in [0.2, 0.25) is 0 Å². The second kappa shape index (κ2) is 6.08. The summed E-state index contributed by atoms with van der Waals surface area (Å²) in [4.78, 5) is 25.7. The first kappa shape index (κ1) is 15.8. The Bertz CT molecular complexity index is 1150. The predicted molar refractivity (Wildman–Crippen MR) is 102 cm³/mol. The lowest BCUT2D eigenvalue weighted by Gasteiger charge is -2.30. The van der Waals surface area contributed by atoms with Crippen LogP contribution in [0.3, 0.4) is 0 Å². The molecule has 4 aromatic rings. The van der Waals surface area contributed by atoms with Gasteiger partial charge < -0.3 is 15.2 Å². The van der Waals surface area contributed by atoms with Crippen molar-refractivity contribution in [2.24, 2.45) is 0 Å². The molecule has 8 heteroatoms. The number of pyridine rings is 1. The third-order valence-electron chi connectivity index (χ3n) is 5.10. The van der Waals surface area contributed by atoms with Gasteiger partial charge in [-0.25, -0.2) is 9.50 Å². The predicted octanol–water partition coefficient (Wildman–Crippen LogP) is 2.31. The highest BCUT2D eigenvalue weighted by atomic mass is 16.2. The Labute approximate surface area is 155 Å². The van der Waals surface area contributed by atoms with Crippen molar-refractivity contribution in [3.63, 3.8) is 0 Å². The molecule has 5 heterocycles. The number of aromatic amines is 1. The molecule has 1 amide bonds. The van der Waals surface area contributed by atoms with E-state index in [-0.39, 0.29) is 11.9 Å². The van der Waals surface area contributed by atoms with Gasteiger partial charge in [-0.1, -0.05) is 0 Å². The first-order valence-electron chi connectivity index (χ1n) is 8.96. The molecular formula is C19H19N7O. The number of rotatable bonds is 3. The normalized spacial score (nSPS) is 17.7. The molecule has 1 saturated heterocycles. The topological polar surface area (TPSA) is 91.2 Å². The van der Waals surface area contributed by atoms with Crippen molar-refractivity contribution in [2.45, 2.75) is 18.9 Å². The first-order valence-corrected chi connectivity index (χ1v) is 8.96. The number of likely N-dealkylation sites (N-methyl/N-ethyl adjacent to an activating group) is 1. The first-order chi connectivity index (χ1) is 13.2. The van der Waals surface area contributed by atoms with Crippen LogP contribution in [-0.4, -0.2) is 55.0 Å². The van der Waals surface area contributed by atoms with Gasteiger partial charge in [-0.3, -0.25) is 4.79 Å². The van der Waals surface area contributed by atoms with E-state index in [0.29, 0.717) is 18.9 Å². The van der Waals surface area contributed by atoms with Gasteiger partial charge in [0, 0.05) is 61.8 Å². The Morgan fingerprint density at radius 2 is 2.26 bits per heavy atom. The number of carbonyl (C=O) groups excluding carboxylic acids is 1. The molecule has 4 aromatic heterocycles. The monoisotopic (exact) mass is 361 g/mol. The van der Waals surface area contributed by atoms with Gasteiger partial charge >= 0.3 is 0 Å². The van der Waals surface area contributed by atoms with Crippen molar-refractivity contribution in [1.82, 2.24) is 29.5 Å². The number of nitrogens with zero attached hydrogens (tertiary/aromatic N) is 5. The Morgan fingerprint density at radius 3 is 3.15 bits per heavy atom. The Hall–Kier alpha value is -3.42. The van der Waals surface area contributed by atoms with Gasteiger partial charge in [0.15, 0.2) is 0 Å². The fraction of sp³-hybridized carbons (Fsp3) is 0.263. The summed E-state index contributed by atoms with van der Waals surface area (Å²) in [5.41, 5.74) is 3.97. The van der Waals surface area contributed by atoms with Gasteiger partial charge in [0.1, 0.15) is 5.65 Å². The number of fused-ring (bicyclic) bond motifs is 2. The molecule has 27 heavy (non-hydrogen) atoms. The second-order valence-corrected chi connectivity index (χ2v) is 6.93. The molecular weight excluding hydrogens is 342 g/mol. The second-order valence-electron chi connectivity index (χ2n) is 6.93. The van der Waals surface area contributed by atoms with Crippen LogP contribution in [0, 0.1) is 0 Å². The molecule has 8 nitrogen and oxygen atoms in total. The smallest absolute Gasteiger partial charge is 0.224 e. The summed E-state index contributed by atoms with van der Waals surface area (Å²) in [6.45, 7) is 0.668. The molecule has 2 N–H and O–H groups in total. The Balaban J connectivity index is 1.43. The summed E-state index contributed by atoms with van der Waals surface area (Å²) in [5.74, 6) is 0.767. The maximum Gasteiger partial charge on any atom is 0.224 e. The molecule has 1 aliphatic heterocycles. The molecule has 0 saturated carbocycles. The van der Waals surface area contributed by atoms with Crippen LogP contribution in [0.4, 0.5) is 5.95 Å². The molecule has 136 valence electrons. The van der Waals surface area contributed by atoms with Gasteiger partial charge in [-0.05, 0) is 30.2 Å². The zero-order valence-electron chi connectivity index (χ0n) is 14.9. The number of H-pyrrole nitrogens is 1. The van der Waals surface area contributed by atoms with Crippen molar-refractivity contribution >= 4 is 28.4 Å². The van der Waals surface area contributed by atoms with E-state index in [9.17, 15) is 4.79 Å². The van der Waals surface area contributed by atoms with Crippen LogP contribution in [0.25, 0.3) is 27.7 Å². The minimum absolute atomic E-state index is 0.170. The summed E-state index contributed by atoms with van der Waals surface area (Å²) in [5, 5.41) is 8.55. The minimum atomic E-state index is 0.170. The lowest BCUT2D eigenvalue weighted by molar-refractivity contribution is -0.132. The van der Waals surface area contributed by atoms with Crippen LogP contribution < -0.4 is 5.32 Å². The largest absolute Gasteiger partial charge is 0.350 e. The van der Waals surface area contributed by atoms with Crippen LogP contribution >= 0.6 is 0 Å². The van der Waals surface area contributed by atoms with Crippen molar-refractivity contribution in [1.29, 1.82) is 0 Å². The van der Waals surface area contributed by atoms with E-state index in [1.54, 1.807) is 11.1 Å². The lowest BCUT2D eigenvalue weighted by atomic mass is 10.1. The van der Waals surface area contributed by atoms with Crippen LogP contribution in [-0.2, 0) is 4.79 Å². The van der Waals surface area contributed by atoms with E-state index in [4.69, 9.17) is 0 Å². The maximum atomic E-state index is 11.6. The summed E-state index contributed by atoms with van der Waals surface area (Å²) < 4.78 is 1.84. The number of amides is 1. The average Bonchev–Trinajstić information content (AvgIpc) is 3.30. The summed E-state index contributed by atoms with van der Waals surface area (Å²) in [7, 11) is 1.83. The van der Waals surface area contributed by atoms with E-state index in [0.717, 1.165) is 34.1 Å². The molecule has 0 unspecified atom stereocenters. The van der Waals surface area contributed by atoms with Gasteiger partial charge in [0.05, 0.1) is 5.52 Å². The summed E-state index contributed by atoms with van der Waals surface area (Å²) in [6, 6.07) is 6.27. The van der Waals surface area contributed by atoms with Gasteiger partial charge in [0.2, 0.25) is 11.9 Å². The van der Waals surface area contributed by atoms with E-state index < -0.39 is 0 Å². The van der Waals surface area contributed by atoms with Crippen LogP contribution in [0.15, 0.2) is 43.0 Å². The SMILES string of the molecule is CN1C[C@@H](Nc2ncc3c(-c4ccn5nccc5c4)c[nH]c3n2)CCC1=O. The lowest BCUT2D eigenvalue weighted by Crippen LogP contribution is -2.43. The molecule has 5 rings (SSSR count). The molecule has 0 radical (unpaired) electrons. The number of piperidine rings is 1. The quantitative estimate of drug-likeness (QED) is 0.584. The standard InChI is InChI=1S/C19H19N7O/c1-25-11-13(2-3-17(25)27)23-19-21-10-16-15(9-20-18(16)24-19)12-5-7-26-14(8-12)4-6-22-26/h4-10,13H,2-3,11H2,1H3,(H2,20,21,23,24)/t13-/m0/s1. The molecule has 1 aliphatic rings. The fourth-order valence-electron chi connectivity index (χ4n) is 3.62. The zero-order valence-corrected chi connectivity index (χ0v) is 14.9. The number of likely N-dealkylation sites (tertiary alicyclic amines) is 1. The van der Waals surface area contributed by atoms with E-state index in [2.05, 4.69) is 31.4 Å². The molecule has 0 aromatic carbocycles. The number of anilines is 1. The Kier molecular flexibility index (Phi) is 3.56. The highest BCUT2D eigenvalue weighted by Crippen LogP contribution is 2.28. The molecule has 1 atom stereocenters. The van der Waals surface area contributed by atoms with Crippen molar-refractivity contribution in [2.75, 3.05) is 18.9 Å². The highest BCUT2D eigenvalue weighted by Gasteiger charge is 2.23. The number of hydrogen-bond acceptors (Lipinski definition) is 5. The van der Waals surface area contributed by atoms with E-state index in [1.807, 2.05) is 42.3 Å². The number of carbonyl (C=O) groups is 1. The van der Waals surface area contributed by atoms with E-state index in [1.165, 1.54) is 0 Å². The average molecular weight is 361 g/mol. The summed E-state index contributed by atoms with van der Waals surface area (Å²) in [6.07, 6.45) is 8.88. The third-order valence-corrected chi connectivity index (χ3v) is 5.10. The highest BCUT2D eigenvalue weighted by molar-refractivity contribution is 5.94.